The van der Waals surface area contributed by atoms with Gasteiger partial charge in [0.15, 0.2) is 5.11 Å². The van der Waals surface area contributed by atoms with Gasteiger partial charge in [-0.2, -0.15) is 0 Å². The zero-order chi connectivity index (χ0) is 20.4. The van der Waals surface area contributed by atoms with Crippen LogP contribution in [-0.2, 0) is 4.74 Å². The fraction of sp³-hybridized carbons (Fsp3) is 0.708. The average Bonchev–Trinajstić information content (AvgIpc) is 2.71. The van der Waals surface area contributed by atoms with Crippen LogP contribution < -0.4 is 15.4 Å². The first-order chi connectivity index (χ1) is 14.7. The number of rotatable bonds is 7. The molecule has 1 aliphatic heterocycles. The van der Waals surface area contributed by atoms with Crippen LogP contribution in [0.2, 0.25) is 0 Å². The number of hydrogen-bond acceptors (Lipinski definition) is 4. The van der Waals surface area contributed by atoms with E-state index in [0.29, 0.717) is 0 Å². The number of nitrogens with one attached hydrogen (secondary N) is 2. The molecule has 1 aromatic carbocycles. The Bertz CT molecular complexity index is 714. The molecular formula is C24H35N3O2S. The molecule has 30 heavy (non-hydrogen) atoms. The van der Waals surface area contributed by atoms with Gasteiger partial charge in [0, 0.05) is 36.9 Å². The number of benzene rings is 1. The second-order valence-electron chi connectivity index (χ2n) is 9.96. The van der Waals surface area contributed by atoms with Crippen molar-refractivity contribution in [2.75, 3.05) is 44.8 Å². The first-order valence-corrected chi connectivity index (χ1v) is 12.2. The van der Waals surface area contributed by atoms with E-state index in [1.807, 2.05) is 12.1 Å². The summed E-state index contributed by atoms with van der Waals surface area (Å²) in [4.78, 5) is 2.44. The molecule has 4 aliphatic carbocycles. The Morgan fingerprint density at radius 1 is 1.10 bits per heavy atom. The second-order valence-corrected chi connectivity index (χ2v) is 10.4. The average molecular weight is 430 g/mol. The first kappa shape index (κ1) is 20.5. The van der Waals surface area contributed by atoms with Gasteiger partial charge in [-0.25, -0.2) is 0 Å². The summed E-state index contributed by atoms with van der Waals surface area (Å²) in [5.41, 5.74) is 1.25. The number of anilines is 1. The third kappa shape index (κ3) is 4.92. The van der Waals surface area contributed by atoms with Gasteiger partial charge in [0.05, 0.1) is 19.8 Å². The maximum absolute atomic E-state index is 5.99. The van der Waals surface area contributed by atoms with Crippen molar-refractivity contribution < 1.29 is 9.47 Å². The van der Waals surface area contributed by atoms with Crippen molar-refractivity contribution in [1.29, 1.82) is 0 Å². The summed E-state index contributed by atoms with van der Waals surface area (Å²) < 4.78 is 11.4. The summed E-state index contributed by atoms with van der Waals surface area (Å²) in [5.74, 6) is 3.65. The Labute approximate surface area is 185 Å². The minimum atomic E-state index is 0.242. The third-order valence-electron chi connectivity index (χ3n) is 7.50. The molecule has 0 atom stereocenters. The van der Waals surface area contributed by atoms with Crippen LogP contribution in [0.15, 0.2) is 24.3 Å². The topological polar surface area (TPSA) is 45.8 Å². The van der Waals surface area contributed by atoms with Crippen molar-refractivity contribution in [3.63, 3.8) is 0 Å². The van der Waals surface area contributed by atoms with E-state index in [2.05, 4.69) is 27.7 Å². The Morgan fingerprint density at radius 2 is 1.80 bits per heavy atom. The van der Waals surface area contributed by atoms with E-state index >= 15 is 0 Å². The predicted molar refractivity (Wildman–Crippen MR) is 124 cm³/mol. The zero-order valence-electron chi connectivity index (χ0n) is 17.9. The Balaban J connectivity index is 1.09. The molecule has 2 N–H and O–H groups in total. The van der Waals surface area contributed by atoms with Crippen molar-refractivity contribution in [3.8, 4) is 5.75 Å². The highest BCUT2D eigenvalue weighted by atomic mass is 32.1. The number of hydrogen-bond donors (Lipinski definition) is 2. The molecule has 6 heteroatoms. The maximum Gasteiger partial charge on any atom is 0.171 e. The molecule has 1 saturated heterocycles. The van der Waals surface area contributed by atoms with Gasteiger partial charge in [-0.05, 0) is 87.1 Å². The molecule has 5 nitrogen and oxygen atoms in total. The van der Waals surface area contributed by atoms with E-state index in [9.17, 15) is 0 Å². The highest BCUT2D eigenvalue weighted by Gasteiger charge is 2.51. The molecule has 6 rings (SSSR count). The molecule has 1 heterocycles. The fourth-order valence-electron chi connectivity index (χ4n) is 6.63. The van der Waals surface area contributed by atoms with E-state index in [4.69, 9.17) is 21.7 Å². The largest absolute Gasteiger partial charge is 0.493 e. The molecule has 164 valence electrons. The van der Waals surface area contributed by atoms with Crippen molar-refractivity contribution in [2.45, 2.75) is 50.5 Å². The standard InChI is InChI=1S/C24H35N3O2S/c30-23(26-24-15-18-11-19(16-24)13-20(12-18)17-24)25-21-3-1-4-22(14-21)29-8-2-5-27-6-9-28-10-7-27/h1,3-4,14,18-20H,2,5-13,15-17H2,(H2,25,26,30). The Morgan fingerprint density at radius 3 is 2.50 bits per heavy atom. The first-order valence-electron chi connectivity index (χ1n) is 11.8. The fourth-order valence-corrected chi connectivity index (χ4v) is 6.97. The summed E-state index contributed by atoms with van der Waals surface area (Å²) >= 11 is 5.71. The lowest BCUT2D eigenvalue weighted by atomic mass is 9.53. The van der Waals surface area contributed by atoms with E-state index in [1.165, 1.54) is 38.5 Å². The molecule has 5 fully saturated rings. The van der Waals surface area contributed by atoms with Crippen molar-refractivity contribution in [1.82, 2.24) is 10.2 Å². The van der Waals surface area contributed by atoms with E-state index in [0.717, 1.165) is 80.2 Å². The highest BCUT2D eigenvalue weighted by Crippen LogP contribution is 2.55. The zero-order valence-corrected chi connectivity index (χ0v) is 18.7. The van der Waals surface area contributed by atoms with E-state index < -0.39 is 0 Å². The van der Waals surface area contributed by atoms with Crippen LogP contribution in [0.4, 0.5) is 5.69 Å². The number of nitrogens with zero attached hydrogens (tertiary/aromatic N) is 1. The molecule has 4 bridgehead atoms. The summed E-state index contributed by atoms with van der Waals surface area (Å²) in [6.45, 7) is 5.58. The summed E-state index contributed by atoms with van der Waals surface area (Å²) in [7, 11) is 0. The molecule has 0 aromatic heterocycles. The lowest BCUT2D eigenvalue weighted by Gasteiger charge is -2.57. The van der Waals surface area contributed by atoms with Crippen LogP contribution in [0, 0.1) is 17.8 Å². The Kier molecular flexibility index (Phi) is 6.17. The van der Waals surface area contributed by atoms with E-state index in [-0.39, 0.29) is 5.54 Å². The van der Waals surface area contributed by atoms with Crippen LogP contribution in [-0.4, -0.2) is 55.0 Å². The molecule has 4 saturated carbocycles. The van der Waals surface area contributed by atoms with Gasteiger partial charge in [-0.1, -0.05) is 6.07 Å². The van der Waals surface area contributed by atoms with Crippen molar-refractivity contribution in [2.24, 2.45) is 17.8 Å². The molecular weight excluding hydrogens is 394 g/mol. The van der Waals surface area contributed by atoms with Crippen molar-refractivity contribution in [3.05, 3.63) is 24.3 Å². The van der Waals surface area contributed by atoms with Gasteiger partial charge in [0.25, 0.3) is 0 Å². The SMILES string of the molecule is S=C(Nc1cccc(OCCCN2CCOCC2)c1)NC12CC3CC(CC(C3)C1)C2. The minimum Gasteiger partial charge on any atom is -0.493 e. The van der Waals surface area contributed by atoms with Gasteiger partial charge in [-0.3, -0.25) is 4.90 Å². The van der Waals surface area contributed by atoms with Gasteiger partial charge in [-0.15, -0.1) is 0 Å². The quantitative estimate of drug-likeness (QED) is 0.504. The number of morpholine rings is 1. The second kappa shape index (κ2) is 9.01. The van der Waals surface area contributed by atoms with Gasteiger partial charge >= 0.3 is 0 Å². The third-order valence-corrected chi connectivity index (χ3v) is 7.70. The summed E-state index contributed by atoms with van der Waals surface area (Å²) in [6.07, 6.45) is 9.28. The van der Waals surface area contributed by atoms with Crippen molar-refractivity contribution >= 4 is 23.0 Å². The lowest BCUT2D eigenvalue weighted by Crippen LogP contribution is -2.60. The number of ether oxygens (including phenoxy) is 2. The van der Waals surface area contributed by atoms with Crippen LogP contribution >= 0.6 is 12.2 Å². The normalized spacial score (nSPS) is 32.7. The number of thiocarbonyl (C=S) groups is 1. The highest BCUT2D eigenvalue weighted by molar-refractivity contribution is 7.80. The monoisotopic (exact) mass is 429 g/mol. The van der Waals surface area contributed by atoms with E-state index in [1.54, 1.807) is 0 Å². The van der Waals surface area contributed by atoms with Crippen LogP contribution in [0.5, 0.6) is 5.75 Å². The minimum absolute atomic E-state index is 0.242. The molecule has 0 unspecified atom stereocenters. The summed E-state index contributed by atoms with van der Waals surface area (Å²) in [5, 5.41) is 7.93. The Hall–Kier alpha value is -1.37. The van der Waals surface area contributed by atoms with Crippen LogP contribution in [0.3, 0.4) is 0 Å². The van der Waals surface area contributed by atoms with Crippen LogP contribution in [0.25, 0.3) is 0 Å². The molecule has 0 radical (unpaired) electrons. The lowest BCUT2D eigenvalue weighted by molar-refractivity contribution is -0.00972. The maximum atomic E-state index is 5.99. The molecule has 0 spiro atoms. The predicted octanol–water partition coefficient (Wildman–Crippen LogP) is 4.04. The van der Waals surface area contributed by atoms with Gasteiger partial charge < -0.3 is 20.1 Å². The smallest absolute Gasteiger partial charge is 0.171 e. The molecule has 1 aromatic rings. The van der Waals surface area contributed by atoms with Crippen LogP contribution in [0.1, 0.15) is 44.9 Å². The van der Waals surface area contributed by atoms with Gasteiger partial charge in [0.1, 0.15) is 5.75 Å². The summed E-state index contributed by atoms with van der Waals surface area (Å²) in [6, 6.07) is 8.18. The molecule has 0 amide bonds. The molecule has 5 aliphatic rings. The van der Waals surface area contributed by atoms with Gasteiger partial charge in [0.2, 0.25) is 0 Å².